The molecule has 0 aliphatic carbocycles. The molecular weight excluding hydrogens is 617 g/mol. The summed E-state index contributed by atoms with van der Waals surface area (Å²) in [6, 6.07) is 5.03. The zero-order valence-corrected chi connectivity index (χ0v) is 20.4. The number of methoxy groups -OCH3 is 1. The van der Waals surface area contributed by atoms with Gasteiger partial charge in [-0.3, -0.25) is 25.7 Å². The monoisotopic (exact) mass is 626 g/mol. The fourth-order valence-corrected chi connectivity index (χ4v) is 3.56. The van der Waals surface area contributed by atoms with Crippen LogP contribution >= 0.6 is 15.9 Å². The van der Waals surface area contributed by atoms with E-state index in [4.69, 9.17) is 9.47 Å². The van der Waals surface area contributed by atoms with Crippen molar-refractivity contribution in [2.75, 3.05) is 12.5 Å². The number of alkyl halides is 3. The molecule has 10 nitrogen and oxygen atoms in total. The van der Waals surface area contributed by atoms with E-state index in [1.807, 2.05) is 0 Å². The lowest BCUT2D eigenvalue weighted by atomic mass is 10.1. The van der Waals surface area contributed by atoms with E-state index in [0.29, 0.717) is 6.07 Å². The summed E-state index contributed by atoms with van der Waals surface area (Å²) in [5.41, 5.74) is -4.04. The maximum Gasteiger partial charge on any atom is 0.422 e. The lowest BCUT2D eigenvalue weighted by molar-refractivity contribution is -0.394. The number of hydrogen-bond acceptors (Lipinski definition) is 8. The second kappa shape index (κ2) is 11.1. The number of halogens is 8. The summed E-state index contributed by atoms with van der Waals surface area (Å²) in [5, 5.41) is 25.6. The van der Waals surface area contributed by atoms with Crippen LogP contribution in [0, 0.1) is 43.5 Å². The number of benzene rings is 3. The molecule has 0 atom stereocenters. The predicted molar refractivity (Wildman–Crippen MR) is 123 cm³/mol. The summed E-state index contributed by atoms with van der Waals surface area (Å²) in [6.45, 7) is 0. The summed E-state index contributed by atoms with van der Waals surface area (Å²) >= 11 is 3.11. The Morgan fingerprint density at radius 2 is 1.56 bits per heavy atom. The van der Waals surface area contributed by atoms with Crippen molar-refractivity contribution in [2.45, 2.75) is 6.18 Å². The molecule has 0 aromatic heterocycles. The quantitative estimate of drug-likeness (QED) is 0.0929. The van der Waals surface area contributed by atoms with Gasteiger partial charge < -0.3 is 9.47 Å². The first kappa shape index (κ1) is 29.1. The molecule has 0 amide bonds. The van der Waals surface area contributed by atoms with Crippen molar-refractivity contribution in [3.8, 4) is 17.2 Å². The number of ether oxygens (including phenoxy) is 2. The van der Waals surface area contributed by atoms with Crippen molar-refractivity contribution in [2.24, 2.45) is 5.10 Å². The number of anilines is 1. The Morgan fingerprint density at radius 1 is 0.949 bits per heavy atom. The third kappa shape index (κ3) is 6.00. The Labute approximate surface area is 220 Å². The second-order valence-corrected chi connectivity index (χ2v) is 8.03. The lowest BCUT2D eigenvalue weighted by Crippen LogP contribution is -2.16. The average molecular weight is 627 g/mol. The van der Waals surface area contributed by atoms with Crippen molar-refractivity contribution in [1.29, 1.82) is 0 Å². The van der Waals surface area contributed by atoms with E-state index in [2.05, 4.69) is 21.0 Å². The first-order chi connectivity index (χ1) is 18.2. The molecular formula is C21H10BrF7N4O6. The van der Waals surface area contributed by atoms with Gasteiger partial charge in [0, 0.05) is 6.07 Å². The highest BCUT2D eigenvalue weighted by molar-refractivity contribution is 9.10. The van der Waals surface area contributed by atoms with E-state index in [0.717, 1.165) is 25.5 Å². The van der Waals surface area contributed by atoms with Crippen molar-refractivity contribution >= 4 is 39.2 Å². The first-order valence-corrected chi connectivity index (χ1v) is 10.7. The third-order valence-electron chi connectivity index (χ3n) is 4.75. The maximum absolute atomic E-state index is 14.0. The Bertz CT molecular complexity index is 1490. The minimum absolute atomic E-state index is 0.0555. The Kier molecular flexibility index (Phi) is 8.27. The van der Waals surface area contributed by atoms with Crippen LogP contribution in [0.4, 0.5) is 47.8 Å². The summed E-state index contributed by atoms with van der Waals surface area (Å²) in [4.78, 5) is 20.5. The van der Waals surface area contributed by atoms with Crippen molar-refractivity contribution in [3.05, 3.63) is 89.4 Å². The van der Waals surface area contributed by atoms with Crippen LogP contribution in [-0.4, -0.2) is 23.2 Å². The average Bonchev–Trinajstić information content (AvgIpc) is 2.85. The molecule has 0 aliphatic heterocycles. The van der Waals surface area contributed by atoms with Gasteiger partial charge >= 0.3 is 11.9 Å². The number of rotatable bonds is 8. The third-order valence-corrected chi connectivity index (χ3v) is 5.34. The summed E-state index contributed by atoms with van der Waals surface area (Å²) in [5.74, 6) is -10.7. The Balaban J connectivity index is 1.93. The fourth-order valence-electron chi connectivity index (χ4n) is 3.02. The molecule has 3 aromatic carbocycles. The van der Waals surface area contributed by atoms with Gasteiger partial charge in [0.15, 0.2) is 34.8 Å². The topological polar surface area (TPSA) is 129 Å². The van der Waals surface area contributed by atoms with E-state index >= 15 is 0 Å². The number of non-ortho nitro benzene ring substituents is 1. The number of nitro groups is 2. The number of nitrogens with one attached hydrogen (secondary N) is 1. The summed E-state index contributed by atoms with van der Waals surface area (Å²) in [6.07, 6.45) is -4.88. The molecule has 0 unspecified atom stereocenters. The Morgan fingerprint density at radius 3 is 2.08 bits per heavy atom. The lowest BCUT2D eigenvalue weighted by Gasteiger charge is -2.14. The molecule has 0 heterocycles. The zero-order chi connectivity index (χ0) is 29.2. The van der Waals surface area contributed by atoms with Crippen LogP contribution in [-0.2, 0) is 6.18 Å². The van der Waals surface area contributed by atoms with Crippen LogP contribution in [0.5, 0.6) is 17.2 Å². The Hall–Kier alpha value is -4.48. The van der Waals surface area contributed by atoms with Crippen LogP contribution < -0.4 is 14.9 Å². The van der Waals surface area contributed by atoms with Crippen molar-refractivity contribution in [1.82, 2.24) is 0 Å². The zero-order valence-electron chi connectivity index (χ0n) is 18.8. The molecule has 39 heavy (non-hydrogen) atoms. The largest absolute Gasteiger partial charge is 0.493 e. The van der Waals surface area contributed by atoms with Gasteiger partial charge in [0.1, 0.15) is 11.3 Å². The van der Waals surface area contributed by atoms with Crippen LogP contribution in [0.1, 0.15) is 11.1 Å². The van der Waals surface area contributed by atoms with Gasteiger partial charge in [0.25, 0.3) is 5.69 Å². The SMILES string of the molecule is COc1cc(/C=N\Nc2c(F)c(F)c(C(F)(F)F)c(F)c2F)cc(Br)c1Oc1ccc([N+](=O)[O-])cc1[N+](=O)[O-]. The van der Waals surface area contributed by atoms with Gasteiger partial charge in [-0.25, -0.2) is 17.6 Å². The molecule has 3 rings (SSSR count). The second-order valence-electron chi connectivity index (χ2n) is 7.18. The highest BCUT2D eigenvalue weighted by Crippen LogP contribution is 2.43. The van der Waals surface area contributed by atoms with E-state index in [9.17, 15) is 51.0 Å². The molecule has 0 bridgehead atoms. The fraction of sp³-hybridized carbons (Fsp3) is 0.0952. The first-order valence-electron chi connectivity index (χ1n) is 9.87. The molecule has 18 heteroatoms. The molecule has 0 spiro atoms. The number of nitro benzene ring substituents is 2. The van der Waals surface area contributed by atoms with E-state index in [1.54, 1.807) is 5.43 Å². The van der Waals surface area contributed by atoms with Gasteiger partial charge in [-0.2, -0.15) is 18.3 Å². The number of hydrogen-bond donors (Lipinski definition) is 1. The van der Waals surface area contributed by atoms with Crippen LogP contribution in [0.25, 0.3) is 0 Å². The minimum atomic E-state index is -5.71. The summed E-state index contributed by atoms with van der Waals surface area (Å²) < 4.78 is 104. The molecule has 0 aliphatic rings. The van der Waals surface area contributed by atoms with Crippen LogP contribution in [0.15, 0.2) is 39.9 Å². The van der Waals surface area contributed by atoms with Gasteiger partial charge in [-0.05, 0) is 39.7 Å². The normalized spacial score (nSPS) is 11.5. The van der Waals surface area contributed by atoms with Crippen LogP contribution in [0.2, 0.25) is 0 Å². The van der Waals surface area contributed by atoms with Gasteiger partial charge in [-0.15, -0.1) is 0 Å². The number of hydrazone groups is 1. The van der Waals surface area contributed by atoms with Crippen LogP contribution in [0.3, 0.4) is 0 Å². The summed E-state index contributed by atoms with van der Waals surface area (Å²) in [7, 11) is 1.16. The molecule has 0 saturated carbocycles. The maximum atomic E-state index is 14.0. The van der Waals surface area contributed by atoms with E-state index < -0.39 is 67.7 Å². The van der Waals surface area contributed by atoms with Crippen molar-refractivity contribution in [3.63, 3.8) is 0 Å². The smallest absolute Gasteiger partial charge is 0.422 e. The minimum Gasteiger partial charge on any atom is -0.493 e. The molecule has 206 valence electrons. The molecule has 1 N–H and O–H groups in total. The standard InChI is InChI=1S/C21H10BrF7N4O6/c1-38-13-5-8(7-30-31-19-17(25)15(23)14(21(27,28)29)16(24)18(19)26)4-10(22)20(13)39-12-3-2-9(32(34)35)6-11(12)33(36)37/h2-7,31H,1H3/b30-7-. The molecule has 0 fully saturated rings. The van der Waals surface area contributed by atoms with Gasteiger partial charge in [0.2, 0.25) is 5.75 Å². The predicted octanol–water partition coefficient (Wildman–Crippen LogP) is 7.09. The van der Waals surface area contributed by atoms with Gasteiger partial charge in [0.05, 0.1) is 33.7 Å². The number of nitrogens with zero attached hydrogens (tertiary/aromatic N) is 3. The van der Waals surface area contributed by atoms with Crippen molar-refractivity contribution < 1.29 is 50.1 Å². The molecule has 0 radical (unpaired) electrons. The van der Waals surface area contributed by atoms with Gasteiger partial charge in [-0.1, -0.05) is 0 Å². The highest BCUT2D eigenvalue weighted by Gasteiger charge is 2.42. The molecule has 0 saturated heterocycles. The highest BCUT2D eigenvalue weighted by atomic mass is 79.9. The molecule has 3 aromatic rings. The van der Waals surface area contributed by atoms with E-state index in [-0.39, 0.29) is 21.5 Å². The van der Waals surface area contributed by atoms with E-state index in [1.165, 1.54) is 12.1 Å².